The van der Waals surface area contributed by atoms with E-state index in [9.17, 15) is 4.79 Å². The van der Waals surface area contributed by atoms with E-state index in [1.807, 2.05) is 36.0 Å². The van der Waals surface area contributed by atoms with Crippen LogP contribution in [-0.2, 0) is 11.3 Å². The smallest absolute Gasteiger partial charge is 0.236 e. The summed E-state index contributed by atoms with van der Waals surface area (Å²) < 4.78 is 1.99. The normalized spacial score (nSPS) is 12.8. The molecular formula is C12H18N4OS. The molecule has 0 spiro atoms. The fourth-order valence-corrected chi connectivity index (χ4v) is 2.33. The van der Waals surface area contributed by atoms with E-state index >= 15 is 0 Å². The van der Waals surface area contributed by atoms with Gasteiger partial charge in [0.25, 0.3) is 0 Å². The highest BCUT2D eigenvalue weighted by atomic mass is 32.1. The molecule has 0 aliphatic carbocycles. The fourth-order valence-electron chi connectivity index (χ4n) is 1.61. The highest BCUT2D eigenvalue weighted by molar-refractivity contribution is 7.15. The molecule has 98 valence electrons. The molecule has 0 aromatic carbocycles. The van der Waals surface area contributed by atoms with Crippen LogP contribution in [0.2, 0.25) is 0 Å². The number of hydrogen-bond donors (Lipinski definition) is 2. The number of hydrogen-bond acceptors (Lipinski definition) is 4. The van der Waals surface area contributed by atoms with Crippen LogP contribution in [0.3, 0.4) is 0 Å². The zero-order valence-corrected chi connectivity index (χ0v) is 11.5. The Morgan fingerprint density at radius 1 is 1.61 bits per heavy atom. The van der Waals surface area contributed by atoms with Crippen LogP contribution in [0.25, 0.3) is 4.96 Å². The Bertz CT molecular complexity index is 490. The molecule has 5 nitrogen and oxygen atoms in total. The number of aromatic nitrogens is 2. The summed E-state index contributed by atoms with van der Waals surface area (Å²) in [5, 5.41) is 8.04. The first kappa shape index (κ1) is 13.0. The molecule has 2 heterocycles. The lowest BCUT2D eigenvalue weighted by atomic mass is 10.3. The van der Waals surface area contributed by atoms with Gasteiger partial charge in [0, 0.05) is 30.9 Å². The van der Waals surface area contributed by atoms with Gasteiger partial charge in [0.1, 0.15) is 0 Å². The van der Waals surface area contributed by atoms with Gasteiger partial charge in [0.15, 0.2) is 4.96 Å². The maximum absolute atomic E-state index is 11.6. The zero-order valence-electron chi connectivity index (χ0n) is 10.6. The van der Waals surface area contributed by atoms with Gasteiger partial charge in [-0.05, 0) is 13.3 Å². The van der Waals surface area contributed by atoms with Gasteiger partial charge in [-0.25, -0.2) is 4.98 Å². The molecule has 6 heteroatoms. The van der Waals surface area contributed by atoms with E-state index in [2.05, 4.69) is 15.6 Å². The lowest BCUT2D eigenvalue weighted by Crippen LogP contribution is -2.42. The summed E-state index contributed by atoms with van der Waals surface area (Å²) in [7, 11) is 0. The molecule has 2 rings (SSSR count). The minimum atomic E-state index is -0.198. The first-order valence-electron chi connectivity index (χ1n) is 6.13. The van der Waals surface area contributed by atoms with Crippen LogP contribution in [0.1, 0.15) is 26.0 Å². The molecule has 0 aliphatic heterocycles. The van der Waals surface area contributed by atoms with Crippen molar-refractivity contribution in [2.75, 3.05) is 6.54 Å². The van der Waals surface area contributed by atoms with E-state index in [0.29, 0.717) is 6.54 Å². The number of nitrogens with one attached hydrogen (secondary N) is 2. The number of nitrogens with zero attached hydrogens (tertiary/aromatic N) is 2. The first-order chi connectivity index (χ1) is 8.70. The van der Waals surface area contributed by atoms with Crippen molar-refractivity contribution in [1.82, 2.24) is 20.0 Å². The highest BCUT2D eigenvalue weighted by Gasteiger charge is 2.12. The van der Waals surface area contributed by atoms with Crippen LogP contribution in [0, 0.1) is 0 Å². The van der Waals surface area contributed by atoms with Crippen molar-refractivity contribution in [2.45, 2.75) is 32.9 Å². The van der Waals surface area contributed by atoms with E-state index in [-0.39, 0.29) is 11.9 Å². The Hall–Kier alpha value is -1.40. The lowest BCUT2D eigenvalue weighted by molar-refractivity contribution is -0.122. The quantitative estimate of drug-likeness (QED) is 0.831. The Kier molecular flexibility index (Phi) is 4.33. The third-order valence-corrected chi connectivity index (χ3v) is 3.45. The molecule has 1 amide bonds. The number of imidazole rings is 1. The largest absolute Gasteiger partial charge is 0.355 e. The average molecular weight is 266 g/mol. The Morgan fingerprint density at radius 2 is 2.44 bits per heavy atom. The molecular weight excluding hydrogens is 248 g/mol. The predicted molar refractivity (Wildman–Crippen MR) is 72.7 cm³/mol. The molecule has 2 aromatic rings. The van der Waals surface area contributed by atoms with Crippen LogP contribution in [0.15, 0.2) is 17.8 Å². The molecule has 1 atom stereocenters. The Balaban J connectivity index is 1.83. The van der Waals surface area contributed by atoms with Crippen LogP contribution in [-0.4, -0.2) is 27.9 Å². The molecule has 18 heavy (non-hydrogen) atoms. The second-order valence-corrected chi connectivity index (χ2v) is 5.09. The van der Waals surface area contributed by atoms with Gasteiger partial charge >= 0.3 is 0 Å². The molecule has 0 radical (unpaired) electrons. The van der Waals surface area contributed by atoms with E-state index in [0.717, 1.165) is 23.6 Å². The molecule has 0 saturated carbocycles. The highest BCUT2D eigenvalue weighted by Crippen LogP contribution is 2.11. The zero-order chi connectivity index (χ0) is 13.0. The SMILES string of the molecule is CCCNC(=O)C(C)NCc1cn2ccsc2n1. The molecule has 2 aromatic heterocycles. The summed E-state index contributed by atoms with van der Waals surface area (Å²) in [6.07, 6.45) is 4.92. The topological polar surface area (TPSA) is 58.4 Å². The first-order valence-corrected chi connectivity index (χ1v) is 7.01. The predicted octanol–water partition coefficient (Wildman–Crippen LogP) is 1.40. The maximum atomic E-state index is 11.6. The number of thiazole rings is 1. The van der Waals surface area contributed by atoms with Gasteiger partial charge in [0.05, 0.1) is 11.7 Å². The molecule has 2 N–H and O–H groups in total. The van der Waals surface area contributed by atoms with Gasteiger partial charge in [-0.15, -0.1) is 11.3 Å². The van der Waals surface area contributed by atoms with Crippen LogP contribution in [0.5, 0.6) is 0 Å². The number of rotatable bonds is 6. The molecule has 0 aliphatic rings. The van der Waals surface area contributed by atoms with Gasteiger partial charge in [0.2, 0.25) is 5.91 Å². The summed E-state index contributed by atoms with van der Waals surface area (Å²) >= 11 is 1.60. The fraction of sp³-hybridized carbons (Fsp3) is 0.500. The third-order valence-electron chi connectivity index (χ3n) is 2.68. The van der Waals surface area contributed by atoms with E-state index in [4.69, 9.17) is 0 Å². The molecule has 0 bridgehead atoms. The standard InChI is InChI=1S/C12H18N4OS/c1-3-4-13-11(17)9(2)14-7-10-8-16-5-6-18-12(16)15-10/h5-6,8-9,14H,3-4,7H2,1-2H3,(H,13,17). The van der Waals surface area contributed by atoms with Gasteiger partial charge in [-0.3, -0.25) is 9.20 Å². The second kappa shape index (κ2) is 5.97. The van der Waals surface area contributed by atoms with Crippen molar-refractivity contribution in [1.29, 1.82) is 0 Å². The number of carbonyl (C=O) groups is 1. The van der Waals surface area contributed by atoms with Crippen LogP contribution in [0.4, 0.5) is 0 Å². The molecule has 1 unspecified atom stereocenters. The summed E-state index contributed by atoms with van der Waals surface area (Å²) in [5.74, 6) is 0.0397. The Morgan fingerprint density at radius 3 is 3.17 bits per heavy atom. The van der Waals surface area contributed by atoms with Crippen molar-refractivity contribution in [3.8, 4) is 0 Å². The van der Waals surface area contributed by atoms with Crippen molar-refractivity contribution in [3.63, 3.8) is 0 Å². The van der Waals surface area contributed by atoms with Crippen LogP contribution >= 0.6 is 11.3 Å². The Labute approximate surface area is 110 Å². The number of fused-ring (bicyclic) bond motifs is 1. The van der Waals surface area contributed by atoms with Crippen molar-refractivity contribution >= 4 is 22.2 Å². The minimum Gasteiger partial charge on any atom is -0.355 e. The average Bonchev–Trinajstić information content (AvgIpc) is 2.93. The van der Waals surface area contributed by atoms with Crippen LogP contribution < -0.4 is 10.6 Å². The summed E-state index contributed by atoms with van der Waals surface area (Å²) in [6, 6.07) is -0.198. The molecule has 0 fully saturated rings. The minimum absolute atomic E-state index is 0.0397. The molecule has 0 saturated heterocycles. The van der Waals surface area contributed by atoms with E-state index in [1.54, 1.807) is 11.3 Å². The summed E-state index contributed by atoms with van der Waals surface area (Å²) in [6.45, 7) is 5.24. The van der Waals surface area contributed by atoms with Gasteiger partial charge < -0.3 is 10.6 Å². The third kappa shape index (κ3) is 3.08. The maximum Gasteiger partial charge on any atom is 0.236 e. The van der Waals surface area contributed by atoms with Crippen molar-refractivity contribution in [3.05, 3.63) is 23.5 Å². The van der Waals surface area contributed by atoms with E-state index in [1.165, 1.54) is 0 Å². The number of carbonyl (C=O) groups excluding carboxylic acids is 1. The monoisotopic (exact) mass is 266 g/mol. The van der Waals surface area contributed by atoms with Gasteiger partial charge in [-0.1, -0.05) is 6.92 Å². The lowest BCUT2D eigenvalue weighted by Gasteiger charge is -2.12. The van der Waals surface area contributed by atoms with Gasteiger partial charge in [-0.2, -0.15) is 0 Å². The second-order valence-electron chi connectivity index (χ2n) is 4.22. The summed E-state index contributed by atoms with van der Waals surface area (Å²) in [5.41, 5.74) is 0.956. The van der Waals surface area contributed by atoms with Crippen molar-refractivity contribution in [2.24, 2.45) is 0 Å². The number of amides is 1. The van der Waals surface area contributed by atoms with E-state index < -0.39 is 0 Å². The summed E-state index contributed by atoms with van der Waals surface area (Å²) in [4.78, 5) is 17.1. The van der Waals surface area contributed by atoms with Crippen molar-refractivity contribution < 1.29 is 4.79 Å².